The van der Waals surface area contributed by atoms with Gasteiger partial charge in [-0.05, 0) is 31.4 Å². The Morgan fingerprint density at radius 3 is 2.56 bits per heavy atom. The average Bonchev–Trinajstić information content (AvgIpc) is 3.23. The van der Waals surface area contributed by atoms with E-state index >= 15 is 0 Å². The van der Waals surface area contributed by atoms with E-state index in [0.29, 0.717) is 38.1 Å². The molecule has 138 valence electrons. The highest BCUT2D eigenvalue weighted by Crippen LogP contribution is 2.18. The normalized spacial score (nSPS) is 23.4. The van der Waals surface area contributed by atoms with Gasteiger partial charge in [-0.15, -0.1) is 0 Å². The van der Waals surface area contributed by atoms with Gasteiger partial charge in [-0.3, -0.25) is 4.79 Å². The van der Waals surface area contributed by atoms with E-state index in [0.717, 1.165) is 0 Å². The third-order valence-electron chi connectivity index (χ3n) is 4.92. The Morgan fingerprint density at radius 1 is 1.28 bits per heavy atom. The molecule has 8 nitrogen and oxygen atoms in total. The maximum absolute atomic E-state index is 12.3. The van der Waals surface area contributed by atoms with Crippen molar-refractivity contribution >= 4 is 21.8 Å². The van der Waals surface area contributed by atoms with E-state index < -0.39 is 9.84 Å². The summed E-state index contributed by atoms with van der Waals surface area (Å²) in [6.45, 7) is 1.10. The van der Waals surface area contributed by atoms with Crippen molar-refractivity contribution in [1.82, 2.24) is 15.1 Å². The zero-order chi connectivity index (χ0) is 18.0. The SMILES string of the molecule is CN(C(=O)NC1CCN(C(=O)c2ccco2)CC1)C1CCS(=O)(=O)C1. The summed E-state index contributed by atoms with van der Waals surface area (Å²) in [5.41, 5.74) is 0. The van der Waals surface area contributed by atoms with E-state index in [-0.39, 0.29) is 35.5 Å². The van der Waals surface area contributed by atoms with Crippen molar-refractivity contribution in [2.24, 2.45) is 0 Å². The van der Waals surface area contributed by atoms with Crippen LogP contribution in [-0.4, -0.2) is 73.9 Å². The first-order chi connectivity index (χ1) is 11.9. The van der Waals surface area contributed by atoms with Crippen LogP contribution >= 0.6 is 0 Å². The Balaban J connectivity index is 1.47. The minimum absolute atomic E-state index is 0.0198. The Hall–Kier alpha value is -2.03. The number of furan rings is 1. The van der Waals surface area contributed by atoms with Crippen LogP contribution in [-0.2, 0) is 9.84 Å². The van der Waals surface area contributed by atoms with E-state index in [9.17, 15) is 18.0 Å². The fourth-order valence-electron chi connectivity index (χ4n) is 3.31. The van der Waals surface area contributed by atoms with E-state index in [4.69, 9.17) is 4.42 Å². The van der Waals surface area contributed by atoms with Crippen LogP contribution in [0.3, 0.4) is 0 Å². The highest BCUT2D eigenvalue weighted by molar-refractivity contribution is 7.91. The lowest BCUT2D eigenvalue weighted by Crippen LogP contribution is -2.51. The number of nitrogens with one attached hydrogen (secondary N) is 1. The van der Waals surface area contributed by atoms with Crippen LogP contribution in [0.25, 0.3) is 0 Å². The van der Waals surface area contributed by atoms with Crippen LogP contribution in [0.5, 0.6) is 0 Å². The molecule has 0 spiro atoms. The van der Waals surface area contributed by atoms with Gasteiger partial charge in [0.15, 0.2) is 15.6 Å². The van der Waals surface area contributed by atoms with E-state index in [1.165, 1.54) is 11.2 Å². The molecule has 1 aromatic heterocycles. The van der Waals surface area contributed by atoms with Crippen molar-refractivity contribution in [2.75, 3.05) is 31.6 Å². The second-order valence-corrected chi connectivity index (χ2v) is 8.89. The van der Waals surface area contributed by atoms with Crippen LogP contribution in [0.2, 0.25) is 0 Å². The lowest BCUT2D eigenvalue weighted by Gasteiger charge is -2.33. The quantitative estimate of drug-likeness (QED) is 0.846. The summed E-state index contributed by atoms with van der Waals surface area (Å²) in [5, 5.41) is 2.95. The molecule has 1 aromatic rings. The topological polar surface area (TPSA) is 99.9 Å². The number of likely N-dealkylation sites (tertiary alicyclic amines) is 1. The minimum atomic E-state index is -3.02. The molecule has 2 fully saturated rings. The molecule has 0 saturated carbocycles. The number of hydrogen-bond acceptors (Lipinski definition) is 5. The van der Waals surface area contributed by atoms with Crippen molar-refractivity contribution in [3.05, 3.63) is 24.2 Å². The molecule has 9 heteroatoms. The highest BCUT2D eigenvalue weighted by atomic mass is 32.2. The molecule has 0 bridgehead atoms. The fourth-order valence-corrected chi connectivity index (χ4v) is 5.08. The van der Waals surface area contributed by atoms with Crippen LogP contribution in [0.4, 0.5) is 4.79 Å². The van der Waals surface area contributed by atoms with E-state index in [2.05, 4.69) is 5.32 Å². The molecular formula is C16H23N3O5S. The number of piperidine rings is 1. The summed E-state index contributed by atoms with van der Waals surface area (Å²) in [7, 11) is -1.38. The second kappa shape index (κ2) is 7.07. The standard InChI is InChI=1S/C16H23N3O5S/c1-18(13-6-10-25(22,23)11-13)16(21)17-12-4-7-19(8-5-12)15(20)14-3-2-9-24-14/h2-3,9,12-13H,4-8,10-11H2,1H3,(H,17,21). The monoisotopic (exact) mass is 369 g/mol. The predicted octanol–water partition coefficient (Wildman–Crippen LogP) is 0.713. The Kier molecular flexibility index (Phi) is 5.03. The zero-order valence-electron chi connectivity index (χ0n) is 14.2. The number of carbonyl (C=O) groups excluding carboxylic acids is 2. The number of amides is 3. The van der Waals surface area contributed by atoms with Crippen LogP contribution in [0.1, 0.15) is 29.8 Å². The van der Waals surface area contributed by atoms with Gasteiger partial charge in [0, 0.05) is 32.2 Å². The summed E-state index contributed by atoms with van der Waals surface area (Å²) in [6.07, 6.45) is 3.28. The highest BCUT2D eigenvalue weighted by Gasteiger charge is 2.34. The van der Waals surface area contributed by atoms with Crippen LogP contribution < -0.4 is 5.32 Å². The lowest BCUT2D eigenvalue weighted by molar-refractivity contribution is 0.0674. The Morgan fingerprint density at radius 2 is 2.00 bits per heavy atom. The first kappa shape index (κ1) is 17.8. The number of carbonyl (C=O) groups is 2. The van der Waals surface area contributed by atoms with Gasteiger partial charge in [-0.25, -0.2) is 13.2 Å². The van der Waals surface area contributed by atoms with Gasteiger partial charge in [-0.1, -0.05) is 0 Å². The van der Waals surface area contributed by atoms with E-state index in [1.54, 1.807) is 24.1 Å². The molecule has 2 aliphatic rings. The molecule has 1 atom stereocenters. The maximum atomic E-state index is 12.3. The molecule has 2 aliphatic heterocycles. The zero-order valence-corrected chi connectivity index (χ0v) is 15.0. The molecule has 0 aliphatic carbocycles. The number of nitrogens with zero attached hydrogens (tertiary/aromatic N) is 2. The molecule has 1 unspecified atom stereocenters. The number of hydrogen-bond donors (Lipinski definition) is 1. The van der Waals surface area contributed by atoms with Crippen LogP contribution in [0, 0.1) is 0 Å². The van der Waals surface area contributed by atoms with Gasteiger partial charge < -0.3 is 19.5 Å². The average molecular weight is 369 g/mol. The summed E-state index contributed by atoms with van der Waals surface area (Å²) in [4.78, 5) is 27.8. The summed E-state index contributed by atoms with van der Waals surface area (Å²) < 4.78 is 28.2. The largest absolute Gasteiger partial charge is 0.459 e. The number of rotatable bonds is 3. The second-order valence-electron chi connectivity index (χ2n) is 6.66. The van der Waals surface area contributed by atoms with Gasteiger partial charge in [0.2, 0.25) is 0 Å². The molecule has 25 heavy (non-hydrogen) atoms. The lowest BCUT2D eigenvalue weighted by atomic mass is 10.0. The Labute approximate surface area is 147 Å². The smallest absolute Gasteiger partial charge is 0.317 e. The third-order valence-corrected chi connectivity index (χ3v) is 6.67. The summed E-state index contributed by atoms with van der Waals surface area (Å²) >= 11 is 0. The first-order valence-electron chi connectivity index (χ1n) is 8.42. The molecule has 0 radical (unpaired) electrons. The van der Waals surface area contributed by atoms with Crippen molar-refractivity contribution in [1.29, 1.82) is 0 Å². The van der Waals surface area contributed by atoms with Crippen LogP contribution in [0.15, 0.2) is 22.8 Å². The van der Waals surface area contributed by atoms with Crippen molar-refractivity contribution in [3.63, 3.8) is 0 Å². The third kappa shape index (κ3) is 4.15. The van der Waals surface area contributed by atoms with Gasteiger partial charge in [0.25, 0.3) is 5.91 Å². The van der Waals surface area contributed by atoms with E-state index in [1.807, 2.05) is 0 Å². The summed E-state index contributed by atoms with van der Waals surface area (Å²) in [6, 6.07) is 2.79. The van der Waals surface area contributed by atoms with Crippen molar-refractivity contribution < 1.29 is 22.4 Å². The van der Waals surface area contributed by atoms with Gasteiger partial charge in [-0.2, -0.15) is 0 Å². The first-order valence-corrected chi connectivity index (χ1v) is 10.2. The molecule has 3 rings (SSSR count). The molecule has 2 saturated heterocycles. The maximum Gasteiger partial charge on any atom is 0.317 e. The molecule has 3 heterocycles. The Bertz CT molecular complexity index is 723. The van der Waals surface area contributed by atoms with Gasteiger partial charge >= 0.3 is 6.03 Å². The molecule has 1 N–H and O–H groups in total. The molecule has 0 aromatic carbocycles. The summed E-state index contributed by atoms with van der Waals surface area (Å²) in [5.74, 6) is 0.364. The minimum Gasteiger partial charge on any atom is -0.459 e. The molecular weight excluding hydrogens is 346 g/mol. The van der Waals surface area contributed by atoms with Gasteiger partial charge in [0.1, 0.15) is 0 Å². The predicted molar refractivity (Wildman–Crippen MR) is 91.0 cm³/mol. The van der Waals surface area contributed by atoms with Gasteiger partial charge in [0.05, 0.1) is 17.8 Å². The number of urea groups is 1. The van der Waals surface area contributed by atoms with Crippen molar-refractivity contribution in [3.8, 4) is 0 Å². The molecule has 3 amide bonds. The number of sulfone groups is 1. The van der Waals surface area contributed by atoms with Crippen molar-refractivity contribution in [2.45, 2.75) is 31.3 Å². The fraction of sp³-hybridized carbons (Fsp3) is 0.625.